The van der Waals surface area contributed by atoms with Gasteiger partial charge in [0.1, 0.15) is 36.5 Å². The van der Waals surface area contributed by atoms with Crippen molar-refractivity contribution in [2.45, 2.75) is 76.8 Å². The molecule has 1 amide bonds. The number of amides is 1. The summed E-state index contributed by atoms with van der Waals surface area (Å²) >= 11 is 0. The van der Waals surface area contributed by atoms with Crippen LogP contribution < -0.4 is 4.74 Å². The summed E-state index contributed by atoms with van der Waals surface area (Å²) in [5.41, 5.74) is 3.45. The third-order valence-electron chi connectivity index (χ3n) is 8.26. The van der Waals surface area contributed by atoms with E-state index in [0.29, 0.717) is 6.04 Å². The van der Waals surface area contributed by atoms with E-state index in [4.69, 9.17) is 9.47 Å². The van der Waals surface area contributed by atoms with Gasteiger partial charge in [-0.2, -0.15) is 0 Å². The van der Waals surface area contributed by atoms with Crippen molar-refractivity contribution in [3.8, 4) is 5.75 Å². The van der Waals surface area contributed by atoms with Crippen LogP contribution in [0.4, 0.5) is 4.79 Å². The molecule has 3 aromatic rings. The van der Waals surface area contributed by atoms with Crippen molar-refractivity contribution in [3.05, 3.63) is 102 Å². The third-order valence-corrected chi connectivity index (χ3v) is 8.26. The summed E-state index contributed by atoms with van der Waals surface area (Å²) in [6.45, 7) is 8.43. The van der Waals surface area contributed by atoms with Gasteiger partial charge in [0.2, 0.25) is 0 Å². The molecule has 1 unspecified atom stereocenters. The fourth-order valence-electron chi connectivity index (χ4n) is 6.75. The number of ether oxygens (including phenoxy) is 2. The van der Waals surface area contributed by atoms with Crippen molar-refractivity contribution >= 4 is 6.09 Å². The van der Waals surface area contributed by atoms with E-state index in [-0.39, 0.29) is 18.2 Å². The molecule has 2 fully saturated rings. The minimum absolute atomic E-state index is 0.123. The van der Waals surface area contributed by atoms with Crippen LogP contribution in [0.3, 0.4) is 0 Å². The molecule has 0 radical (unpaired) electrons. The minimum Gasteiger partial charge on any atom is -0.497 e. The Morgan fingerprint density at radius 1 is 0.895 bits per heavy atom. The fraction of sp³-hybridized carbons (Fsp3) is 0.424. The van der Waals surface area contributed by atoms with Crippen LogP contribution >= 0.6 is 0 Å². The van der Waals surface area contributed by atoms with Crippen LogP contribution in [-0.2, 0) is 17.8 Å². The van der Waals surface area contributed by atoms with Gasteiger partial charge < -0.3 is 14.0 Å². The summed E-state index contributed by atoms with van der Waals surface area (Å²) < 4.78 is 12.3. The van der Waals surface area contributed by atoms with Gasteiger partial charge in [-0.05, 0) is 51.5 Å². The molecule has 2 heterocycles. The first kappa shape index (κ1) is 26.3. The van der Waals surface area contributed by atoms with Crippen molar-refractivity contribution in [3.63, 3.8) is 0 Å². The van der Waals surface area contributed by atoms with Gasteiger partial charge in [0.15, 0.2) is 0 Å². The molecule has 0 aliphatic carbocycles. The number of benzene rings is 3. The van der Waals surface area contributed by atoms with Gasteiger partial charge in [0, 0.05) is 36.1 Å². The van der Waals surface area contributed by atoms with E-state index in [2.05, 4.69) is 84.9 Å². The van der Waals surface area contributed by atoms with Crippen molar-refractivity contribution in [1.82, 2.24) is 4.90 Å². The number of carbonyl (C=O) groups is 1. The van der Waals surface area contributed by atoms with Crippen molar-refractivity contribution < 1.29 is 18.8 Å². The van der Waals surface area contributed by atoms with Gasteiger partial charge in [-0.25, -0.2) is 4.79 Å². The predicted molar refractivity (Wildman–Crippen MR) is 151 cm³/mol. The largest absolute Gasteiger partial charge is 0.497 e. The zero-order valence-electron chi connectivity index (χ0n) is 23.2. The second kappa shape index (κ2) is 10.8. The number of quaternary nitrogens is 1. The third kappa shape index (κ3) is 5.44. The molecule has 0 bridgehead atoms. The first-order valence-electron chi connectivity index (χ1n) is 13.9. The zero-order chi connectivity index (χ0) is 26.8. The number of methoxy groups -OCH3 is 1. The lowest BCUT2D eigenvalue weighted by atomic mass is 9.95. The molecule has 0 spiro atoms. The second-order valence-electron chi connectivity index (χ2n) is 11.9. The van der Waals surface area contributed by atoms with E-state index >= 15 is 0 Å². The highest BCUT2D eigenvalue weighted by molar-refractivity contribution is 5.69. The lowest BCUT2D eigenvalue weighted by Gasteiger charge is -2.48. The Hall–Kier alpha value is -3.31. The number of hydrogen-bond donors (Lipinski definition) is 0. The van der Waals surface area contributed by atoms with E-state index in [1.165, 1.54) is 16.7 Å². The van der Waals surface area contributed by atoms with Crippen LogP contribution in [0.5, 0.6) is 5.75 Å². The van der Waals surface area contributed by atoms with E-state index in [1.807, 2.05) is 25.7 Å². The Morgan fingerprint density at radius 2 is 1.47 bits per heavy atom. The van der Waals surface area contributed by atoms with E-state index < -0.39 is 5.60 Å². The van der Waals surface area contributed by atoms with Crippen molar-refractivity contribution in [1.29, 1.82) is 0 Å². The maximum atomic E-state index is 13.5. The summed E-state index contributed by atoms with van der Waals surface area (Å²) in [7, 11) is 1.71. The number of fused-ring (bicyclic) bond motifs is 1. The summed E-state index contributed by atoms with van der Waals surface area (Å²) in [5.74, 6) is 0.865. The van der Waals surface area contributed by atoms with Crippen LogP contribution in [0.2, 0.25) is 0 Å². The zero-order valence-corrected chi connectivity index (χ0v) is 23.2. The van der Waals surface area contributed by atoms with E-state index in [9.17, 15) is 4.79 Å². The molecule has 3 aromatic carbocycles. The molecule has 0 N–H and O–H groups in total. The Bertz CT molecular complexity index is 1160. The Kier molecular flexibility index (Phi) is 7.49. The molecular weight excluding hydrogens is 472 g/mol. The number of carbonyl (C=O) groups excluding carboxylic acids is 1. The smallest absolute Gasteiger partial charge is 0.410 e. The van der Waals surface area contributed by atoms with Gasteiger partial charge in [0.05, 0.1) is 13.2 Å². The van der Waals surface area contributed by atoms with Crippen LogP contribution in [0.15, 0.2) is 84.9 Å². The lowest BCUT2D eigenvalue weighted by Crippen LogP contribution is -2.59. The highest BCUT2D eigenvalue weighted by Crippen LogP contribution is 2.51. The number of rotatable bonds is 6. The molecule has 2 aliphatic heterocycles. The average molecular weight is 514 g/mol. The van der Waals surface area contributed by atoms with Crippen LogP contribution in [0.1, 0.15) is 62.8 Å². The molecule has 3 atom stereocenters. The van der Waals surface area contributed by atoms with Crippen LogP contribution in [0.25, 0.3) is 0 Å². The minimum atomic E-state index is -0.516. The van der Waals surface area contributed by atoms with Gasteiger partial charge in [-0.3, -0.25) is 4.90 Å². The number of nitrogens with zero attached hydrogens (tertiary/aromatic N) is 2. The van der Waals surface area contributed by atoms with Gasteiger partial charge >= 0.3 is 6.09 Å². The number of piperidine rings is 1. The topological polar surface area (TPSA) is 38.8 Å². The van der Waals surface area contributed by atoms with Crippen molar-refractivity contribution in [2.24, 2.45) is 0 Å². The van der Waals surface area contributed by atoms with Crippen molar-refractivity contribution in [2.75, 3.05) is 13.7 Å². The monoisotopic (exact) mass is 513 g/mol. The second-order valence-corrected chi connectivity index (χ2v) is 11.9. The highest BCUT2D eigenvalue weighted by atomic mass is 16.6. The van der Waals surface area contributed by atoms with E-state index in [0.717, 1.165) is 49.1 Å². The molecule has 5 heteroatoms. The average Bonchev–Trinajstić information content (AvgIpc) is 3.22. The summed E-state index contributed by atoms with van der Waals surface area (Å²) in [6, 6.07) is 31.0. The number of hydrogen-bond acceptors (Lipinski definition) is 3. The standard InChI is InChI=1S/C33H41N2O3/c1-33(2,3)38-32(36)34-21-11-16-30-29(34)22-31(27-17-19-28(37-4)20-18-27)35(30,23-25-12-7-5-8-13-25)24-26-14-9-6-10-15-26/h5-10,12-15,17-20,29-31H,11,16,21-24H2,1-4H3/q+1/t29-,30-,31?/m0/s1. The Labute approximate surface area is 227 Å². The van der Waals surface area contributed by atoms with Crippen LogP contribution in [-0.4, -0.2) is 46.8 Å². The molecule has 38 heavy (non-hydrogen) atoms. The summed E-state index contributed by atoms with van der Waals surface area (Å²) in [5, 5.41) is 0. The van der Waals surface area contributed by atoms with Crippen LogP contribution in [0, 0.1) is 0 Å². The summed E-state index contributed by atoms with van der Waals surface area (Å²) in [4.78, 5) is 15.5. The summed E-state index contributed by atoms with van der Waals surface area (Å²) in [6.07, 6.45) is 2.81. The molecule has 5 rings (SSSR count). The normalized spacial score (nSPS) is 22.5. The van der Waals surface area contributed by atoms with Gasteiger partial charge in [-0.15, -0.1) is 0 Å². The van der Waals surface area contributed by atoms with E-state index in [1.54, 1.807) is 7.11 Å². The molecule has 2 aliphatic rings. The fourth-order valence-corrected chi connectivity index (χ4v) is 6.75. The first-order chi connectivity index (χ1) is 18.3. The molecule has 5 nitrogen and oxygen atoms in total. The molecule has 200 valence electrons. The molecule has 2 saturated heterocycles. The van der Waals surface area contributed by atoms with Gasteiger partial charge in [-0.1, -0.05) is 60.7 Å². The molecular formula is C33H41N2O3+. The van der Waals surface area contributed by atoms with Gasteiger partial charge in [0.25, 0.3) is 0 Å². The Morgan fingerprint density at radius 3 is 2.00 bits per heavy atom. The lowest BCUT2D eigenvalue weighted by molar-refractivity contribution is -0.992. The predicted octanol–water partition coefficient (Wildman–Crippen LogP) is 7.13. The SMILES string of the molecule is COc1ccc(C2C[C@H]3[C@H](CCCN3C(=O)OC(C)(C)C)[N+]2(Cc2ccccc2)Cc2ccccc2)cc1. The number of likely N-dealkylation sites (tertiary alicyclic amines) is 2. The Balaban J connectivity index is 1.62. The maximum Gasteiger partial charge on any atom is 0.410 e. The quantitative estimate of drug-likeness (QED) is 0.329. The maximum absolute atomic E-state index is 13.5. The highest BCUT2D eigenvalue weighted by Gasteiger charge is 2.59. The molecule has 0 aromatic heterocycles. The first-order valence-corrected chi connectivity index (χ1v) is 13.9. The molecule has 0 saturated carbocycles.